The van der Waals surface area contributed by atoms with E-state index in [-0.39, 0.29) is 24.9 Å². The Morgan fingerprint density at radius 2 is 1.96 bits per heavy atom. The maximum absolute atomic E-state index is 13.5. The molecular weight excluding hydrogens is 333 g/mol. The fourth-order valence-corrected chi connectivity index (χ4v) is 3.13. The number of carbonyl (C=O) groups excluding carboxylic acids is 1. The zero-order chi connectivity index (χ0) is 18.3. The van der Waals surface area contributed by atoms with Gasteiger partial charge in [-0.3, -0.25) is 4.79 Å². The van der Waals surface area contributed by atoms with Gasteiger partial charge in [0.15, 0.2) is 0 Å². The third-order valence-corrected chi connectivity index (χ3v) is 5.33. The first kappa shape index (κ1) is 20.5. The summed E-state index contributed by atoms with van der Waals surface area (Å²) in [5, 5.41) is 0. The quantitative estimate of drug-likeness (QED) is 0.696. The molecule has 1 atom stereocenters. The van der Waals surface area contributed by atoms with Crippen molar-refractivity contribution in [2.24, 2.45) is 11.7 Å². The van der Waals surface area contributed by atoms with Crippen LogP contribution >= 0.6 is 0 Å². The van der Waals surface area contributed by atoms with E-state index >= 15 is 0 Å². The second kappa shape index (κ2) is 9.10. The van der Waals surface area contributed by atoms with Crippen LogP contribution in [-0.2, 0) is 14.8 Å². The topological polar surface area (TPSA) is 92.5 Å². The third kappa shape index (κ3) is 6.18. The van der Waals surface area contributed by atoms with E-state index in [1.165, 1.54) is 23.1 Å². The molecule has 0 heterocycles. The molecule has 1 unspecified atom stereocenters. The van der Waals surface area contributed by atoms with Crippen LogP contribution in [0.2, 0.25) is 0 Å². The molecule has 0 aliphatic carbocycles. The van der Waals surface area contributed by atoms with Crippen molar-refractivity contribution in [2.45, 2.75) is 37.6 Å². The highest BCUT2D eigenvalue weighted by Crippen LogP contribution is 2.13. The maximum Gasteiger partial charge on any atom is 0.243 e. The third-order valence-electron chi connectivity index (χ3n) is 3.84. The van der Waals surface area contributed by atoms with Gasteiger partial charge in [-0.05, 0) is 24.5 Å². The summed E-state index contributed by atoms with van der Waals surface area (Å²) in [6, 6.07) is 5.12. The number of nitrogens with two attached hydrogens (primary N) is 1. The number of amides is 1. The Hall–Kier alpha value is -1.51. The Kier molecular flexibility index (Phi) is 7.78. The average Bonchev–Trinajstić information content (AvgIpc) is 2.51. The van der Waals surface area contributed by atoms with Gasteiger partial charge < -0.3 is 10.6 Å². The molecule has 0 aromatic heterocycles. The van der Waals surface area contributed by atoms with E-state index in [0.29, 0.717) is 18.9 Å². The van der Waals surface area contributed by atoms with E-state index < -0.39 is 20.7 Å². The maximum atomic E-state index is 13.5. The number of nitrogens with zero attached hydrogens (tertiary/aromatic N) is 1. The number of benzene rings is 1. The summed E-state index contributed by atoms with van der Waals surface area (Å²) in [5.41, 5.74) is 5.94. The SMILES string of the molecule is CC(C)C(N)CCN(C)C(=O)CCNS(=O)(=O)c1ccccc1F. The van der Waals surface area contributed by atoms with Crippen LogP contribution in [0.4, 0.5) is 4.39 Å². The summed E-state index contributed by atoms with van der Waals surface area (Å²) in [7, 11) is -2.31. The lowest BCUT2D eigenvalue weighted by atomic mass is 10.0. The molecule has 8 heteroatoms. The van der Waals surface area contributed by atoms with Crippen LogP contribution in [-0.4, -0.2) is 45.4 Å². The first-order valence-corrected chi connectivity index (χ1v) is 9.37. The fourth-order valence-electron chi connectivity index (χ4n) is 2.02. The summed E-state index contributed by atoms with van der Waals surface area (Å²) in [6.07, 6.45) is 0.682. The summed E-state index contributed by atoms with van der Waals surface area (Å²) < 4.78 is 39.8. The largest absolute Gasteiger partial charge is 0.346 e. The number of nitrogens with one attached hydrogen (secondary N) is 1. The van der Waals surface area contributed by atoms with Crippen LogP contribution < -0.4 is 10.5 Å². The zero-order valence-corrected chi connectivity index (χ0v) is 15.1. The van der Waals surface area contributed by atoms with Crippen LogP contribution in [0.15, 0.2) is 29.2 Å². The molecule has 0 saturated heterocycles. The van der Waals surface area contributed by atoms with E-state index in [1.807, 2.05) is 13.8 Å². The van der Waals surface area contributed by atoms with Gasteiger partial charge in [-0.2, -0.15) is 0 Å². The summed E-state index contributed by atoms with van der Waals surface area (Å²) in [5.74, 6) is -0.681. The first-order chi connectivity index (χ1) is 11.1. The Balaban J connectivity index is 2.46. The molecule has 1 aromatic rings. The molecular formula is C16H26FN3O3S. The van der Waals surface area contributed by atoms with Crippen molar-refractivity contribution in [3.8, 4) is 0 Å². The molecule has 1 rings (SSSR count). The number of carbonyl (C=O) groups is 1. The highest BCUT2D eigenvalue weighted by molar-refractivity contribution is 7.89. The van der Waals surface area contributed by atoms with Gasteiger partial charge in [-0.1, -0.05) is 26.0 Å². The molecule has 136 valence electrons. The normalized spacial score (nSPS) is 13.1. The van der Waals surface area contributed by atoms with Crippen molar-refractivity contribution in [1.29, 1.82) is 0 Å². The predicted octanol–water partition coefficient (Wildman–Crippen LogP) is 1.33. The summed E-state index contributed by atoms with van der Waals surface area (Å²) >= 11 is 0. The van der Waals surface area contributed by atoms with Gasteiger partial charge in [0.05, 0.1) is 0 Å². The molecule has 6 nitrogen and oxygen atoms in total. The van der Waals surface area contributed by atoms with Crippen LogP contribution in [0.25, 0.3) is 0 Å². The summed E-state index contributed by atoms with van der Waals surface area (Å²) in [4.78, 5) is 13.1. The van der Waals surface area contributed by atoms with Crippen molar-refractivity contribution in [3.05, 3.63) is 30.1 Å². The van der Waals surface area contributed by atoms with E-state index in [0.717, 1.165) is 6.07 Å². The molecule has 0 aliphatic heterocycles. The standard InChI is InChI=1S/C16H26FN3O3S/c1-12(2)14(18)9-11-20(3)16(21)8-10-19-24(22,23)15-7-5-4-6-13(15)17/h4-7,12,14,19H,8-11,18H2,1-3H3. The summed E-state index contributed by atoms with van der Waals surface area (Å²) in [6.45, 7) is 4.46. The number of rotatable bonds is 9. The van der Waals surface area contributed by atoms with Crippen molar-refractivity contribution in [3.63, 3.8) is 0 Å². The van der Waals surface area contributed by atoms with Gasteiger partial charge in [-0.25, -0.2) is 17.5 Å². The Morgan fingerprint density at radius 1 is 1.33 bits per heavy atom. The van der Waals surface area contributed by atoms with E-state index in [2.05, 4.69) is 4.72 Å². The Labute approximate surface area is 143 Å². The minimum atomic E-state index is -3.97. The number of hydrogen-bond acceptors (Lipinski definition) is 4. The minimum absolute atomic E-state index is 0.00109. The van der Waals surface area contributed by atoms with Gasteiger partial charge >= 0.3 is 0 Å². The predicted molar refractivity (Wildman–Crippen MR) is 91.3 cm³/mol. The van der Waals surface area contributed by atoms with Crippen molar-refractivity contribution >= 4 is 15.9 Å². The smallest absolute Gasteiger partial charge is 0.243 e. The molecule has 0 spiro atoms. The molecule has 0 radical (unpaired) electrons. The molecule has 0 aliphatic rings. The second-order valence-corrected chi connectivity index (χ2v) is 7.83. The zero-order valence-electron chi connectivity index (χ0n) is 14.3. The molecule has 24 heavy (non-hydrogen) atoms. The monoisotopic (exact) mass is 359 g/mol. The highest BCUT2D eigenvalue weighted by Gasteiger charge is 2.19. The van der Waals surface area contributed by atoms with Gasteiger partial charge in [-0.15, -0.1) is 0 Å². The van der Waals surface area contributed by atoms with Crippen molar-refractivity contribution in [1.82, 2.24) is 9.62 Å². The second-order valence-electron chi connectivity index (χ2n) is 6.09. The van der Waals surface area contributed by atoms with Crippen LogP contribution in [0.3, 0.4) is 0 Å². The van der Waals surface area contributed by atoms with E-state index in [4.69, 9.17) is 5.73 Å². The van der Waals surface area contributed by atoms with E-state index in [9.17, 15) is 17.6 Å². The van der Waals surface area contributed by atoms with Gasteiger partial charge in [0.1, 0.15) is 10.7 Å². The molecule has 1 amide bonds. The molecule has 3 N–H and O–H groups in total. The van der Waals surface area contributed by atoms with Gasteiger partial charge in [0, 0.05) is 32.6 Å². The minimum Gasteiger partial charge on any atom is -0.346 e. The van der Waals surface area contributed by atoms with Crippen LogP contribution in [0.5, 0.6) is 0 Å². The lowest BCUT2D eigenvalue weighted by Crippen LogP contribution is -2.36. The van der Waals surface area contributed by atoms with Crippen LogP contribution in [0.1, 0.15) is 26.7 Å². The van der Waals surface area contributed by atoms with E-state index in [1.54, 1.807) is 7.05 Å². The Bertz CT molecular complexity index is 650. The lowest BCUT2D eigenvalue weighted by Gasteiger charge is -2.21. The average molecular weight is 359 g/mol. The molecule has 0 fully saturated rings. The number of sulfonamides is 1. The lowest BCUT2D eigenvalue weighted by molar-refractivity contribution is -0.129. The highest BCUT2D eigenvalue weighted by atomic mass is 32.2. The van der Waals surface area contributed by atoms with Crippen molar-refractivity contribution < 1.29 is 17.6 Å². The number of halogens is 1. The van der Waals surface area contributed by atoms with Crippen molar-refractivity contribution in [2.75, 3.05) is 20.1 Å². The fraction of sp³-hybridized carbons (Fsp3) is 0.562. The van der Waals surface area contributed by atoms with Crippen LogP contribution in [0, 0.1) is 11.7 Å². The van der Waals surface area contributed by atoms with Gasteiger partial charge in [0.2, 0.25) is 15.9 Å². The Morgan fingerprint density at radius 3 is 2.54 bits per heavy atom. The molecule has 1 aromatic carbocycles. The molecule has 0 bridgehead atoms. The van der Waals surface area contributed by atoms with Gasteiger partial charge in [0.25, 0.3) is 0 Å². The first-order valence-electron chi connectivity index (χ1n) is 7.89. The number of hydrogen-bond donors (Lipinski definition) is 2. The molecule has 0 saturated carbocycles.